The molecular weight excluding hydrogens is 146 g/mol. The van der Waals surface area contributed by atoms with Crippen LogP contribution in [0.5, 0.6) is 0 Å². The average molecular weight is 165 g/mol. The van der Waals surface area contributed by atoms with Gasteiger partial charge in [-0.25, -0.2) is 0 Å². The standard InChI is InChI=1S/C11H19N/c1-9(2)7-6-8-11(5)12-10(3)4/h6-9,12H,3H2,1-2,4-5H3/b7-6-,11-8+. The molecule has 12 heavy (non-hydrogen) atoms. The van der Waals surface area contributed by atoms with Crippen LogP contribution in [0.3, 0.4) is 0 Å². The second-order valence-corrected chi connectivity index (χ2v) is 3.38. The van der Waals surface area contributed by atoms with Crippen LogP contribution in [0.4, 0.5) is 0 Å². The number of hydrogen-bond donors (Lipinski definition) is 1. The minimum absolute atomic E-state index is 0.610. The number of nitrogens with one attached hydrogen (secondary N) is 1. The molecule has 0 aliphatic rings. The second kappa shape index (κ2) is 5.64. The van der Waals surface area contributed by atoms with Crippen LogP contribution in [0.25, 0.3) is 0 Å². The molecule has 0 atom stereocenters. The molecule has 1 heteroatoms. The van der Waals surface area contributed by atoms with Crippen molar-refractivity contribution in [3.63, 3.8) is 0 Å². The van der Waals surface area contributed by atoms with E-state index < -0.39 is 0 Å². The lowest BCUT2D eigenvalue weighted by molar-refractivity contribution is 0.831. The lowest BCUT2D eigenvalue weighted by Crippen LogP contribution is -2.05. The first kappa shape index (κ1) is 11.0. The Morgan fingerprint density at radius 3 is 2.33 bits per heavy atom. The monoisotopic (exact) mass is 165 g/mol. The Balaban J connectivity index is 3.92. The van der Waals surface area contributed by atoms with Crippen LogP contribution in [-0.4, -0.2) is 0 Å². The number of hydrogen-bond acceptors (Lipinski definition) is 1. The van der Waals surface area contributed by atoms with E-state index in [1.54, 1.807) is 0 Å². The minimum Gasteiger partial charge on any atom is -0.363 e. The van der Waals surface area contributed by atoms with E-state index in [9.17, 15) is 0 Å². The fraction of sp³-hybridized carbons (Fsp3) is 0.455. The van der Waals surface area contributed by atoms with Crippen LogP contribution < -0.4 is 5.32 Å². The molecule has 1 nitrogen and oxygen atoms in total. The van der Waals surface area contributed by atoms with Crippen LogP contribution in [-0.2, 0) is 0 Å². The van der Waals surface area contributed by atoms with Crippen molar-refractivity contribution in [3.8, 4) is 0 Å². The maximum atomic E-state index is 3.76. The predicted molar refractivity (Wildman–Crippen MR) is 55.7 cm³/mol. The topological polar surface area (TPSA) is 12.0 Å². The fourth-order valence-electron chi connectivity index (χ4n) is 0.800. The summed E-state index contributed by atoms with van der Waals surface area (Å²) in [5, 5.41) is 3.13. The minimum atomic E-state index is 0.610. The fourth-order valence-corrected chi connectivity index (χ4v) is 0.800. The lowest BCUT2D eigenvalue weighted by Gasteiger charge is -2.02. The van der Waals surface area contributed by atoms with Gasteiger partial charge in [0.2, 0.25) is 0 Å². The van der Waals surface area contributed by atoms with Crippen molar-refractivity contribution in [1.29, 1.82) is 0 Å². The van der Waals surface area contributed by atoms with Gasteiger partial charge in [0, 0.05) is 11.4 Å². The maximum Gasteiger partial charge on any atom is 0.0116 e. The summed E-state index contributed by atoms with van der Waals surface area (Å²) in [5.41, 5.74) is 2.10. The predicted octanol–water partition coefficient (Wildman–Crippen LogP) is 3.23. The summed E-state index contributed by atoms with van der Waals surface area (Å²) in [4.78, 5) is 0. The molecule has 0 saturated heterocycles. The molecule has 0 aromatic heterocycles. The van der Waals surface area contributed by atoms with Gasteiger partial charge >= 0.3 is 0 Å². The van der Waals surface area contributed by atoms with Crippen molar-refractivity contribution in [2.45, 2.75) is 27.7 Å². The first-order valence-electron chi connectivity index (χ1n) is 4.30. The van der Waals surface area contributed by atoms with E-state index in [-0.39, 0.29) is 0 Å². The summed E-state index contributed by atoms with van der Waals surface area (Å²) >= 11 is 0. The summed E-state index contributed by atoms with van der Waals surface area (Å²) in [5.74, 6) is 0.610. The third-order valence-electron chi connectivity index (χ3n) is 1.25. The molecule has 0 aromatic rings. The third kappa shape index (κ3) is 7.13. The summed E-state index contributed by atoms with van der Waals surface area (Å²) in [6.45, 7) is 12.1. The van der Waals surface area contributed by atoms with Gasteiger partial charge in [-0.2, -0.15) is 0 Å². The zero-order valence-corrected chi connectivity index (χ0v) is 8.52. The van der Waals surface area contributed by atoms with Gasteiger partial charge < -0.3 is 5.32 Å². The van der Waals surface area contributed by atoms with Crippen LogP contribution in [0.15, 0.2) is 36.2 Å². The van der Waals surface area contributed by atoms with Gasteiger partial charge in [0.1, 0.15) is 0 Å². The Hall–Kier alpha value is -0.980. The van der Waals surface area contributed by atoms with E-state index in [0.717, 1.165) is 11.4 Å². The normalized spacial score (nSPS) is 12.6. The summed E-state index contributed by atoms with van der Waals surface area (Å²) in [7, 11) is 0. The first-order chi connectivity index (χ1) is 5.52. The van der Waals surface area contributed by atoms with E-state index >= 15 is 0 Å². The summed E-state index contributed by atoms with van der Waals surface area (Å²) < 4.78 is 0. The van der Waals surface area contributed by atoms with E-state index in [2.05, 4.69) is 44.0 Å². The zero-order chi connectivity index (χ0) is 9.56. The molecule has 0 rings (SSSR count). The van der Waals surface area contributed by atoms with Crippen LogP contribution in [0.2, 0.25) is 0 Å². The zero-order valence-electron chi connectivity index (χ0n) is 8.52. The third-order valence-corrected chi connectivity index (χ3v) is 1.25. The van der Waals surface area contributed by atoms with Crippen molar-refractivity contribution in [2.24, 2.45) is 5.92 Å². The largest absolute Gasteiger partial charge is 0.363 e. The molecule has 0 amide bonds. The highest BCUT2D eigenvalue weighted by Gasteiger charge is 1.85. The van der Waals surface area contributed by atoms with Gasteiger partial charge in [-0.05, 0) is 25.8 Å². The van der Waals surface area contributed by atoms with Crippen molar-refractivity contribution in [1.82, 2.24) is 5.32 Å². The molecule has 0 bridgehead atoms. The number of allylic oxidation sites excluding steroid dienone is 5. The SMILES string of the molecule is C=C(C)N/C(C)=C/C=C\C(C)C. The molecule has 68 valence electrons. The average Bonchev–Trinajstić information content (AvgIpc) is 1.84. The van der Waals surface area contributed by atoms with E-state index in [1.807, 2.05) is 13.8 Å². The van der Waals surface area contributed by atoms with Crippen molar-refractivity contribution in [3.05, 3.63) is 36.2 Å². The molecule has 0 spiro atoms. The Bertz CT molecular complexity index is 197. The van der Waals surface area contributed by atoms with Gasteiger partial charge in [-0.1, -0.05) is 32.6 Å². The maximum absolute atomic E-state index is 3.76. The molecular formula is C11H19N. The van der Waals surface area contributed by atoms with Crippen LogP contribution >= 0.6 is 0 Å². The smallest absolute Gasteiger partial charge is 0.0116 e. The van der Waals surface area contributed by atoms with Gasteiger partial charge in [0.25, 0.3) is 0 Å². The van der Waals surface area contributed by atoms with Crippen molar-refractivity contribution >= 4 is 0 Å². The van der Waals surface area contributed by atoms with Gasteiger partial charge in [0.15, 0.2) is 0 Å². The highest BCUT2D eigenvalue weighted by molar-refractivity contribution is 5.12. The Morgan fingerprint density at radius 2 is 1.92 bits per heavy atom. The Morgan fingerprint density at radius 1 is 1.33 bits per heavy atom. The molecule has 0 aromatic carbocycles. The first-order valence-corrected chi connectivity index (χ1v) is 4.30. The molecule has 0 fully saturated rings. The van der Waals surface area contributed by atoms with E-state index in [0.29, 0.717) is 5.92 Å². The molecule has 0 saturated carbocycles. The Labute approximate surface area is 75.9 Å². The summed E-state index contributed by atoms with van der Waals surface area (Å²) in [6, 6.07) is 0. The summed E-state index contributed by atoms with van der Waals surface area (Å²) in [6.07, 6.45) is 6.27. The quantitative estimate of drug-likeness (QED) is 0.631. The molecule has 0 unspecified atom stereocenters. The lowest BCUT2D eigenvalue weighted by atomic mass is 10.2. The van der Waals surface area contributed by atoms with Crippen molar-refractivity contribution < 1.29 is 0 Å². The molecule has 0 aliphatic carbocycles. The van der Waals surface area contributed by atoms with E-state index in [1.165, 1.54) is 0 Å². The molecule has 0 heterocycles. The van der Waals surface area contributed by atoms with Crippen LogP contribution in [0, 0.1) is 5.92 Å². The second-order valence-electron chi connectivity index (χ2n) is 3.38. The van der Waals surface area contributed by atoms with Gasteiger partial charge in [-0.15, -0.1) is 0 Å². The Kier molecular flexibility index (Phi) is 5.18. The molecule has 0 aliphatic heterocycles. The van der Waals surface area contributed by atoms with Gasteiger partial charge in [-0.3, -0.25) is 0 Å². The number of rotatable bonds is 4. The van der Waals surface area contributed by atoms with Crippen LogP contribution in [0.1, 0.15) is 27.7 Å². The highest BCUT2D eigenvalue weighted by Crippen LogP contribution is 1.96. The van der Waals surface area contributed by atoms with E-state index in [4.69, 9.17) is 0 Å². The molecule has 0 radical (unpaired) electrons. The molecule has 1 N–H and O–H groups in total. The van der Waals surface area contributed by atoms with Gasteiger partial charge in [0.05, 0.1) is 0 Å². The highest BCUT2D eigenvalue weighted by atomic mass is 14.9. The van der Waals surface area contributed by atoms with Crippen molar-refractivity contribution in [2.75, 3.05) is 0 Å².